The van der Waals surface area contributed by atoms with Gasteiger partial charge >= 0.3 is 0 Å². The molecule has 0 radical (unpaired) electrons. The Morgan fingerprint density at radius 2 is 2.12 bits per heavy atom. The minimum Gasteiger partial charge on any atom is -0.484 e. The quantitative estimate of drug-likeness (QED) is 0.815. The number of para-hydroxylation sites is 1. The van der Waals surface area contributed by atoms with Crippen LogP contribution >= 0.6 is 15.9 Å². The van der Waals surface area contributed by atoms with Gasteiger partial charge in [0.2, 0.25) is 0 Å². The van der Waals surface area contributed by atoms with Crippen molar-refractivity contribution in [2.75, 3.05) is 13.2 Å². The third kappa shape index (κ3) is 5.75. The molecule has 0 heterocycles. The van der Waals surface area contributed by atoms with E-state index in [0.717, 1.165) is 6.42 Å². The average Bonchev–Trinajstić information content (AvgIpc) is 2.27. The molecule has 0 aliphatic heterocycles. The summed E-state index contributed by atoms with van der Waals surface area (Å²) >= 11 is 3.42. The molecule has 1 aromatic rings. The first-order valence-electron chi connectivity index (χ1n) is 5.27. The van der Waals surface area contributed by atoms with Gasteiger partial charge in [-0.2, -0.15) is 0 Å². The molecule has 16 heavy (non-hydrogen) atoms. The Balaban J connectivity index is 2.16. The number of amides is 1. The van der Waals surface area contributed by atoms with E-state index in [0.29, 0.717) is 17.1 Å². The first-order valence-corrected chi connectivity index (χ1v) is 6.18. The van der Waals surface area contributed by atoms with Crippen molar-refractivity contribution < 1.29 is 9.53 Å². The van der Waals surface area contributed by atoms with Crippen LogP contribution in [0.25, 0.3) is 0 Å². The molecule has 0 saturated carbocycles. The second-order valence-corrected chi connectivity index (χ2v) is 5.08. The van der Waals surface area contributed by atoms with Crippen LogP contribution in [0.1, 0.15) is 13.3 Å². The maximum absolute atomic E-state index is 11.3. The van der Waals surface area contributed by atoms with E-state index in [1.807, 2.05) is 37.3 Å². The second-order valence-electron chi connectivity index (χ2n) is 3.52. The molecule has 1 aromatic carbocycles. The van der Waals surface area contributed by atoms with Crippen molar-refractivity contribution in [2.45, 2.75) is 18.2 Å². The number of benzene rings is 1. The summed E-state index contributed by atoms with van der Waals surface area (Å²) in [6.07, 6.45) is 0.914. The molecule has 1 amide bonds. The van der Waals surface area contributed by atoms with Crippen LogP contribution in [-0.4, -0.2) is 23.9 Å². The van der Waals surface area contributed by atoms with E-state index in [-0.39, 0.29) is 12.5 Å². The fraction of sp³-hybridized carbons (Fsp3) is 0.417. The predicted molar refractivity (Wildman–Crippen MR) is 68.0 cm³/mol. The molecule has 0 bridgehead atoms. The lowest BCUT2D eigenvalue weighted by molar-refractivity contribution is -0.123. The van der Waals surface area contributed by atoms with E-state index in [9.17, 15) is 4.79 Å². The van der Waals surface area contributed by atoms with Gasteiger partial charge < -0.3 is 10.1 Å². The number of carbonyl (C=O) groups excluding carboxylic acids is 1. The molecule has 0 saturated heterocycles. The van der Waals surface area contributed by atoms with Crippen molar-refractivity contribution in [1.82, 2.24) is 5.32 Å². The molecule has 1 atom stereocenters. The van der Waals surface area contributed by atoms with E-state index < -0.39 is 0 Å². The molecule has 0 aliphatic rings. The van der Waals surface area contributed by atoms with Crippen molar-refractivity contribution in [3.05, 3.63) is 30.3 Å². The van der Waals surface area contributed by atoms with E-state index in [1.54, 1.807) is 0 Å². The van der Waals surface area contributed by atoms with Gasteiger partial charge in [-0.3, -0.25) is 4.79 Å². The van der Waals surface area contributed by atoms with Crippen LogP contribution in [0.5, 0.6) is 5.75 Å². The summed E-state index contributed by atoms with van der Waals surface area (Å²) in [6, 6.07) is 9.31. The van der Waals surface area contributed by atoms with Crippen LogP contribution in [0.4, 0.5) is 0 Å². The summed E-state index contributed by atoms with van der Waals surface area (Å²) in [4.78, 5) is 11.8. The smallest absolute Gasteiger partial charge is 0.257 e. The van der Waals surface area contributed by atoms with Gasteiger partial charge in [0.15, 0.2) is 6.61 Å². The standard InChI is InChI=1S/C12H16BrNO2/c1-10(13)7-8-14-12(15)9-16-11-5-3-2-4-6-11/h2-6,10H,7-9H2,1H3,(H,14,15). The molecule has 4 heteroatoms. The van der Waals surface area contributed by atoms with E-state index >= 15 is 0 Å². The van der Waals surface area contributed by atoms with Gasteiger partial charge in [0, 0.05) is 11.4 Å². The van der Waals surface area contributed by atoms with Gasteiger partial charge in [-0.15, -0.1) is 0 Å². The van der Waals surface area contributed by atoms with Crippen molar-refractivity contribution >= 4 is 21.8 Å². The number of nitrogens with one attached hydrogen (secondary N) is 1. The number of carbonyl (C=O) groups is 1. The molecule has 0 aromatic heterocycles. The van der Waals surface area contributed by atoms with Crippen LogP contribution in [0.2, 0.25) is 0 Å². The number of ether oxygens (including phenoxy) is 1. The Morgan fingerprint density at radius 1 is 1.44 bits per heavy atom. The molecular formula is C12H16BrNO2. The Morgan fingerprint density at radius 3 is 2.75 bits per heavy atom. The number of rotatable bonds is 6. The molecule has 88 valence electrons. The first kappa shape index (κ1) is 13.0. The molecule has 0 spiro atoms. The van der Waals surface area contributed by atoms with Crippen molar-refractivity contribution in [2.24, 2.45) is 0 Å². The largest absolute Gasteiger partial charge is 0.484 e. The van der Waals surface area contributed by atoms with E-state index in [1.165, 1.54) is 0 Å². The number of hydrogen-bond acceptors (Lipinski definition) is 2. The van der Waals surface area contributed by atoms with Crippen molar-refractivity contribution in [3.63, 3.8) is 0 Å². The lowest BCUT2D eigenvalue weighted by atomic mass is 10.3. The van der Waals surface area contributed by atoms with Gasteiger partial charge in [0.05, 0.1) is 0 Å². The Kier molecular flexibility index (Phi) is 5.93. The maximum Gasteiger partial charge on any atom is 0.257 e. The fourth-order valence-corrected chi connectivity index (χ4v) is 1.36. The molecule has 1 unspecified atom stereocenters. The first-order chi connectivity index (χ1) is 7.68. The van der Waals surface area contributed by atoms with Crippen LogP contribution in [0.15, 0.2) is 30.3 Å². The fourth-order valence-electron chi connectivity index (χ4n) is 1.13. The van der Waals surface area contributed by atoms with Gasteiger partial charge in [-0.1, -0.05) is 41.1 Å². The molecule has 0 fully saturated rings. The van der Waals surface area contributed by atoms with Crippen LogP contribution in [0, 0.1) is 0 Å². The molecule has 1 rings (SSSR count). The summed E-state index contributed by atoms with van der Waals surface area (Å²) in [7, 11) is 0. The van der Waals surface area contributed by atoms with Crippen molar-refractivity contribution in [1.29, 1.82) is 0 Å². The zero-order valence-corrected chi connectivity index (χ0v) is 10.9. The predicted octanol–water partition coefficient (Wildman–Crippen LogP) is 2.36. The summed E-state index contributed by atoms with van der Waals surface area (Å²) in [5.41, 5.74) is 0. The highest BCUT2D eigenvalue weighted by Gasteiger charge is 2.02. The van der Waals surface area contributed by atoms with Gasteiger partial charge in [-0.25, -0.2) is 0 Å². The maximum atomic E-state index is 11.3. The number of halogens is 1. The molecule has 0 aliphatic carbocycles. The van der Waals surface area contributed by atoms with E-state index in [2.05, 4.69) is 21.2 Å². The summed E-state index contributed by atoms with van der Waals surface area (Å²) in [5.74, 6) is 0.628. The molecule has 1 N–H and O–H groups in total. The van der Waals surface area contributed by atoms with Gasteiger partial charge in [0.25, 0.3) is 5.91 Å². The molecular weight excluding hydrogens is 270 g/mol. The van der Waals surface area contributed by atoms with Gasteiger partial charge in [-0.05, 0) is 18.6 Å². The van der Waals surface area contributed by atoms with Crippen molar-refractivity contribution in [3.8, 4) is 5.75 Å². The third-order valence-corrected chi connectivity index (χ3v) is 2.44. The topological polar surface area (TPSA) is 38.3 Å². The van der Waals surface area contributed by atoms with Crippen LogP contribution in [0.3, 0.4) is 0 Å². The summed E-state index contributed by atoms with van der Waals surface area (Å²) < 4.78 is 5.30. The number of alkyl halides is 1. The van der Waals surface area contributed by atoms with E-state index in [4.69, 9.17) is 4.74 Å². The monoisotopic (exact) mass is 285 g/mol. The zero-order chi connectivity index (χ0) is 11.8. The highest BCUT2D eigenvalue weighted by molar-refractivity contribution is 9.09. The van der Waals surface area contributed by atoms with Crippen LogP contribution in [-0.2, 0) is 4.79 Å². The van der Waals surface area contributed by atoms with Crippen LogP contribution < -0.4 is 10.1 Å². The minimum absolute atomic E-state index is 0.0701. The second kappa shape index (κ2) is 7.28. The zero-order valence-electron chi connectivity index (χ0n) is 9.28. The number of hydrogen-bond donors (Lipinski definition) is 1. The normalized spacial score (nSPS) is 11.9. The lowest BCUT2D eigenvalue weighted by Crippen LogP contribution is -2.30. The summed E-state index contributed by atoms with van der Waals surface area (Å²) in [5, 5.41) is 2.79. The average molecular weight is 286 g/mol. The molecule has 3 nitrogen and oxygen atoms in total. The highest BCUT2D eigenvalue weighted by Crippen LogP contribution is 2.07. The Labute approximate surface area is 104 Å². The SMILES string of the molecule is CC(Br)CCNC(=O)COc1ccccc1. The lowest BCUT2D eigenvalue weighted by Gasteiger charge is -2.07. The third-order valence-electron chi connectivity index (χ3n) is 1.98. The highest BCUT2D eigenvalue weighted by atomic mass is 79.9. The van der Waals surface area contributed by atoms with Gasteiger partial charge in [0.1, 0.15) is 5.75 Å². The Bertz CT molecular complexity index is 314. The minimum atomic E-state index is -0.0861. The summed E-state index contributed by atoms with van der Waals surface area (Å²) in [6.45, 7) is 2.79. The Hall–Kier alpha value is -1.03.